The summed E-state index contributed by atoms with van der Waals surface area (Å²) in [6.45, 7) is 2.66. The van der Waals surface area contributed by atoms with Gasteiger partial charge in [-0.3, -0.25) is 0 Å². The van der Waals surface area contributed by atoms with Gasteiger partial charge in [-0.15, -0.1) is 0 Å². The molecule has 7 heteroatoms. The van der Waals surface area contributed by atoms with E-state index in [1.54, 1.807) is 24.5 Å². The van der Waals surface area contributed by atoms with Crippen LogP contribution in [0.3, 0.4) is 0 Å². The topological polar surface area (TPSA) is 63.5 Å². The van der Waals surface area contributed by atoms with Gasteiger partial charge in [-0.05, 0) is 54.4 Å². The number of carbonyl (C=O) groups excluding carboxylic acids is 1. The van der Waals surface area contributed by atoms with Crippen molar-refractivity contribution in [2.75, 3.05) is 5.32 Å². The van der Waals surface area contributed by atoms with Crippen molar-refractivity contribution in [3.05, 3.63) is 87.8 Å². The van der Waals surface area contributed by atoms with E-state index in [-0.39, 0.29) is 12.1 Å². The molecule has 3 rings (SSSR count). The number of amides is 2. The lowest BCUT2D eigenvalue weighted by atomic mass is 10.1. The van der Waals surface area contributed by atoms with Gasteiger partial charge in [-0.2, -0.15) is 0 Å². The zero-order valence-electron chi connectivity index (χ0n) is 15.2. The summed E-state index contributed by atoms with van der Waals surface area (Å²) in [5.41, 5.74) is 2.41. The minimum Gasteiger partial charge on any atom is -0.467 e. The highest BCUT2D eigenvalue weighted by Crippen LogP contribution is 2.26. The van der Waals surface area contributed by atoms with E-state index in [4.69, 9.17) is 32.4 Å². The number of rotatable bonds is 7. The van der Waals surface area contributed by atoms with Gasteiger partial charge in [0.2, 0.25) is 0 Å². The van der Waals surface area contributed by atoms with Crippen molar-refractivity contribution in [3.8, 4) is 0 Å². The number of benzene rings is 2. The van der Waals surface area contributed by atoms with Crippen LogP contribution in [-0.2, 0) is 18.0 Å². The Balaban J connectivity index is 1.53. The maximum Gasteiger partial charge on any atom is 0.319 e. The van der Waals surface area contributed by atoms with Crippen LogP contribution >= 0.6 is 23.2 Å². The molecule has 0 saturated heterocycles. The highest BCUT2D eigenvalue weighted by Gasteiger charge is 2.13. The summed E-state index contributed by atoms with van der Waals surface area (Å²) in [6.07, 6.45) is 1.61. The van der Waals surface area contributed by atoms with Crippen LogP contribution in [0.15, 0.2) is 65.3 Å². The van der Waals surface area contributed by atoms with E-state index < -0.39 is 0 Å². The lowest BCUT2D eigenvalue weighted by molar-refractivity contribution is 0.0930. The van der Waals surface area contributed by atoms with Gasteiger partial charge in [-0.1, -0.05) is 41.4 Å². The second-order valence-corrected chi connectivity index (χ2v) is 7.10. The quantitative estimate of drug-likeness (QED) is 0.480. The van der Waals surface area contributed by atoms with E-state index >= 15 is 0 Å². The number of anilines is 1. The van der Waals surface area contributed by atoms with Gasteiger partial charge in [0.15, 0.2) is 0 Å². The Morgan fingerprint density at radius 1 is 1.11 bits per heavy atom. The van der Waals surface area contributed by atoms with Crippen molar-refractivity contribution < 1.29 is 13.9 Å². The Hall–Kier alpha value is -2.47. The van der Waals surface area contributed by atoms with E-state index in [2.05, 4.69) is 10.6 Å². The molecule has 28 heavy (non-hydrogen) atoms. The molecular formula is C21H20Cl2N2O3. The molecule has 0 fully saturated rings. The van der Waals surface area contributed by atoms with Crippen LogP contribution in [0, 0.1) is 0 Å². The fourth-order valence-electron chi connectivity index (χ4n) is 2.70. The Labute approximate surface area is 173 Å². The minimum atomic E-state index is -0.327. The molecule has 2 aromatic carbocycles. The molecule has 0 radical (unpaired) electrons. The average Bonchev–Trinajstić information content (AvgIpc) is 3.15. The summed E-state index contributed by atoms with van der Waals surface area (Å²) < 4.78 is 10.9. The van der Waals surface area contributed by atoms with Crippen molar-refractivity contribution in [2.24, 2.45) is 0 Å². The lowest BCUT2D eigenvalue weighted by Crippen LogP contribution is -2.31. The third-order valence-electron chi connectivity index (χ3n) is 4.05. The minimum absolute atomic E-state index is 0.274. The first-order chi connectivity index (χ1) is 13.5. The number of halogens is 2. The second-order valence-electron chi connectivity index (χ2n) is 6.26. The van der Waals surface area contributed by atoms with E-state index in [1.165, 1.54) is 0 Å². The molecule has 0 bridgehead atoms. The monoisotopic (exact) mass is 418 g/mol. The molecule has 1 aromatic heterocycles. The third kappa shape index (κ3) is 5.76. The van der Waals surface area contributed by atoms with Gasteiger partial charge in [0, 0.05) is 15.7 Å². The molecule has 0 aliphatic rings. The van der Waals surface area contributed by atoms with Crippen molar-refractivity contribution in [1.82, 2.24) is 5.32 Å². The highest BCUT2D eigenvalue weighted by molar-refractivity contribution is 6.35. The van der Waals surface area contributed by atoms with Crippen LogP contribution in [0.1, 0.15) is 29.9 Å². The summed E-state index contributed by atoms with van der Waals surface area (Å²) in [5, 5.41) is 6.75. The van der Waals surface area contributed by atoms with E-state index in [9.17, 15) is 4.79 Å². The van der Waals surface area contributed by atoms with Crippen LogP contribution in [0.2, 0.25) is 10.0 Å². The van der Waals surface area contributed by atoms with Crippen LogP contribution in [-0.4, -0.2) is 6.03 Å². The molecule has 0 saturated carbocycles. The fourth-order valence-corrected chi connectivity index (χ4v) is 3.27. The Bertz CT molecular complexity index is 929. The molecule has 2 N–H and O–H groups in total. The molecule has 1 heterocycles. The fraction of sp³-hybridized carbons (Fsp3) is 0.190. The largest absolute Gasteiger partial charge is 0.467 e. The van der Waals surface area contributed by atoms with Crippen LogP contribution in [0.5, 0.6) is 0 Å². The molecule has 0 spiro atoms. The number of hydrogen-bond acceptors (Lipinski definition) is 3. The first-order valence-corrected chi connectivity index (χ1v) is 9.48. The van der Waals surface area contributed by atoms with Crippen molar-refractivity contribution in [2.45, 2.75) is 26.2 Å². The lowest BCUT2D eigenvalue weighted by Gasteiger charge is -2.17. The van der Waals surface area contributed by atoms with Crippen molar-refractivity contribution in [3.63, 3.8) is 0 Å². The van der Waals surface area contributed by atoms with E-state index in [1.807, 2.05) is 43.3 Å². The van der Waals surface area contributed by atoms with Gasteiger partial charge < -0.3 is 19.8 Å². The van der Waals surface area contributed by atoms with Crippen LogP contribution < -0.4 is 10.6 Å². The summed E-state index contributed by atoms with van der Waals surface area (Å²) in [7, 11) is 0. The van der Waals surface area contributed by atoms with Crippen molar-refractivity contribution in [1.29, 1.82) is 0 Å². The molecule has 1 unspecified atom stereocenters. The molecule has 1 atom stereocenters. The maximum absolute atomic E-state index is 12.3. The molecule has 2 amide bonds. The summed E-state index contributed by atoms with van der Waals surface area (Å²) in [5.74, 6) is 0.767. The summed E-state index contributed by atoms with van der Waals surface area (Å²) in [6, 6.07) is 15.7. The molecule has 3 aromatic rings. The molecular weight excluding hydrogens is 399 g/mol. The molecule has 0 aliphatic heterocycles. The summed E-state index contributed by atoms with van der Waals surface area (Å²) >= 11 is 12.1. The van der Waals surface area contributed by atoms with Crippen LogP contribution in [0.25, 0.3) is 0 Å². The molecule has 146 valence electrons. The Morgan fingerprint density at radius 3 is 2.71 bits per heavy atom. The number of furan rings is 1. The van der Waals surface area contributed by atoms with Gasteiger partial charge in [0.05, 0.1) is 18.9 Å². The normalized spacial score (nSPS) is 11.8. The number of ether oxygens (including phenoxy) is 1. The maximum atomic E-state index is 12.3. The number of nitrogens with one attached hydrogen (secondary N) is 2. The number of urea groups is 1. The zero-order valence-corrected chi connectivity index (χ0v) is 16.8. The third-order valence-corrected chi connectivity index (χ3v) is 4.62. The smallest absolute Gasteiger partial charge is 0.319 e. The molecule has 5 nitrogen and oxygen atoms in total. The Kier molecular flexibility index (Phi) is 6.98. The van der Waals surface area contributed by atoms with E-state index in [0.717, 1.165) is 16.9 Å². The standard InChI is InChI=1S/C21H20Cl2N2O3/c1-14(19-8-7-16(22)11-20(19)23)24-21(26)25-17-5-2-4-15(10-17)12-27-13-18-6-3-9-28-18/h2-11,14H,12-13H2,1H3,(H2,24,25,26). The first-order valence-electron chi connectivity index (χ1n) is 8.73. The summed E-state index contributed by atoms with van der Waals surface area (Å²) in [4.78, 5) is 12.3. The zero-order chi connectivity index (χ0) is 19.9. The van der Waals surface area contributed by atoms with Crippen LogP contribution in [0.4, 0.5) is 10.5 Å². The predicted octanol–water partition coefficient (Wildman–Crippen LogP) is 6.19. The van der Waals surface area contributed by atoms with E-state index in [0.29, 0.717) is 28.9 Å². The second kappa shape index (κ2) is 9.64. The number of hydrogen-bond donors (Lipinski definition) is 2. The van der Waals surface area contributed by atoms with Crippen molar-refractivity contribution >= 4 is 34.9 Å². The Morgan fingerprint density at radius 2 is 1.96 bits per heavy atom. The highest BCUT2D eigenvalue weighted by atomic mass is 35.5. The SMILES string of the molecule is CC(NC(=O)Nc1cccc(COCc2ccco2)c1)c1ccc(Cl)cc1Cl. The average molecular weight is 419 g/mol. The van der Waals surface area contributed by atoms with Gasteiger partial charge in [-0.25, -0.2) is 4.79 Å². The molecule has 0 aliphatic carbocycles. The first kappa shape index (κ1) is 20.3. The predicted molar refractivity (Wildman–Crippen MR) is 111 cm³/mol. The van der Waals surface area contributed by atoms with Gasteiger partial charge in [0.1, 0.15) is 12.4 Å². The van der Waals surface area contributed by atoms with Gasteiger partial charge in [0.25, 0.3) is 0 Å². The number of carbonyl (C=O) groups is 1. The van der Waals surface area contributed by atoms with Gasteiger partial charge >= 0.3 is 6.03 Å².